The van der Waals surface area contributed by atoms with Gasteiger partial charge in [-0.15, -0.1) is 0 Å². The molecule has 0 aromatic heterocycles. The van der Waals surface area contributed by atoms with Crippen LogP contribution in [0.15, 0.2) is 12.1 Å². The molecule has 1 aromatic rings. The van der Waals surface area contributed by atoms with Crippen LogP contribution < -0.4 is 5.32 Å². The van der Waals surface area contributed by atoms with Crippen molar-refractivity contribution in [2.24, 2.45) is 5.92 Å². The predicted molar refractivity (Wildman–Crippen MR) is 62.4 cm³/mol. The van der Waals surface area contributed by atoms with Crippen molar-refractivity contribution < 1.29 is 8.78 Å². The van der Waals surface area contributed by atoms with Crippen LogP contribution in [0.2, 0.25) is 0 Å². The van der Waals surface area contributed by atoms with E-state index in [9.17, 15) is 8.78 Å². The Bertz CT molecular complexity index is 361. The summed E-state index contributed by atoms with van der Waals surface area (Å²) >= 11 is 0. The topological polar surface area (TPSA) is 12.0 Å². The first-order valence-electron chi connectivity index (χ1n) is 5.66. The van der Waals surface area contributed by atoms with Crippen molar-refractivity contribution in [3.8, 4) is 0 Å². The SMILES string of the molecule is CCNC(c1cc(F)c(C)cc1F)C(C)C. The molecule has 0 saturated heterocycles. The molecule has 0 radical (unpaired) electrons. The third kappa shape index (κ3) is 2.79. The van der Waals surface area contributed by atoms with Crippen LogP contribution in [-0.2, 0) is 0 Å². The second-order valence-electron chi connectivity index (χ2n) is 4.40. The lowest BCUT2D eigenvalue weighted by atomic mass is 9.94. The van der Waals surface area contributed by atoms with Gasteiger partial charge in [-0.1, -0.05) is 20.8 Å². The minimum absolute atomic E-state index is 0.139. The van der Waals surface area contributed by atoms with Gasteiger partial charge in [-0.05, 0) is 37.1 Å². The number of hydrogen-bond acceptors (Lipinski definition) is 1. The van der Waals surface area contributed by atoms with E-state index in [-0.39, 0.29) is 23.6 Å². The van der Waals surface area contributed by atoms with E-state index < -0.39 is 0 Å². The van der Waals surface area contributed by atoms with Gasteiger partial charge in [0.2, 0.25) is 0 Å². The fraction of sp³-hybridized carbons (Fsp3) is 0.538. The van der Waals surface area contributed by atoms with Gasteiger partial charge in [0.25, 0.3) is 0 Å². The summed E-state index contributed by atoms with van der Waals surface area (Å²) in [5.41, 5.74) is 0.764. The summed E-state index contributed by atoms with van der Waals surface area (Å²) in [4.78, 5) is 0. The van der Waals surface area contributed by atoms with Crippen LogP contribution in [0, 0.1) is 24.5 Å². The van der Waals surface area contributed by atoms with Crippen LogP contribution in [0.4, 0.5) is 8.78 Å². The molecule has 1 rings (SSSR count). The number of nitrogens with one attached hydrogen (secondary N) is 1. The van der Waals surface area contributed by atoms with Crippen LogP contribution in [0.3, 0.4) is 0 Å². The van der Waals surface area contributed by atoms with Crippen LogP contribution >= 0.6 is 0 Å². The van der Waals surface area contributed by atoms with Gasteiger partial charge in [-0.2, -0.15) is 0 Å². The lowest BCUT2D eigenvalue weighted by Crippen LogP contribution is -2.26. The molecule has 16 heavy (non-hydrogen) atoms. The summed E-state index contributed by atoms with van der Waals surface area (Å²) < 4.78 is 27.2. The van der Waals surface area contributed by atoms with Crippen molar-refractivity contribution in [2.45, 2.75) is 33.7 Å². The molecule has 0 fully saturated rings. The molecule has 1 aromatic carbocycles. The lowest BCUT2D eigenvalue weighted by Gasteiger charge is -2.23. The van der Waals surface area contributed by atoms with Gasteiger partial charge in [-0.3, -0.25) is 0 Å². The zero-order chi connectivity index (χ0) is 12.3. The van der Waals surface area contributed by atoms with E-state index >= 15 is 0 Å². The van der Waals surface area contributed by atoms with Gasteiger partial charge in [0.05, 0.1) is 0 Å². The molecule has 0 aliphatic rings. The van der Waals surface area contributed by atoms with Crippen molar-refractivity contribution in [2.75, 3.05) is 6.54 Å². The standard InChI is InChI=1S/C13H19F2N/c1-5-16-13(8(2)3)10-7-11(14)9(4)6-12(10)15/h6-8,13,16H,5H2,1-4H3. The van der Waals surface area contributed by atoms with Crippen LogP contribution in [0.25, 0.3) is 0 Å². The molecule has 0 bridgehead atoms. The van der Waals surface area contributed by atoms with Gasteiger partial charge >= 0.3 is 0 Å². The Morgan fingerprint density at radius 1 is 1.19 bits per heavy atom. The van der Waals surface area contributed by atoms with Crippen LogP contribution in [-0.4, -0.2) is 6.54 Å². The van der Waals surface area contributed by atoms with Crippen molar-refractivity contribution in [1.29, 1.82) is 0 Å². The smallest absolute Gasteiger partial charge is 0.128 e. The third-order valence-corrected chi connectivity index (χ3v) is 2.70. The van der Waals surface area contributed by atoms with Gasteiger partial charge < -0.3 is 5.32 Å². The van der Waals surface area contributed by atoms with Gasteiger partial charge in [-0.25, -0.2) is 8.78 Å². The summed E-state index contributed by atoms with van der Waals surface area (Å²) in [6.45, 7) is 8.24. The van der Waals surface area contributed by atoms with Crippen molar-refractivity contribution in [3.05, 3.63) is 34.9 Å². The molecule has 0 saturated carbocycles. The van der Waals surface area contributed by atoms with Crippen LogP contribution in [0.5, 0.6) is 0 Å². The van der Waals surface area contributed by atoms with E-state index in [1.54, 1.807) is 6.92 Å². The third-order valence-electron chi connectivity index (χ3n) is 2.70. The predicted octanol–water partition coefficient (Wildman–Crippen LogP) is 3.58. The van der Waals surface area contributed by atoms with Crippen molar-refractivity contribution >= 4 is 0 Å². The molecule has 1 nitrogen and oxygen atoms in total. The van der Waals surface area contributed by atoms with Gasteiger partial charge in [0.15, 0.2) is 0 Å². The molecule has 0 aliphatic heterocycles. The highest BCUT2D eigenvalue weighted by Gasteiger charge is 2.19. The van der Waals surface area contributed by atoms with E-state index in [2.05, 4.69) is 5.32 Å². The number of halogens is 2. The first-order chi connectivity index (χ1) is 7.47. The summed E-state index contributed by atoms with van der Waals surface area (Å²) in [6.07, 6.45) is 0. The molecule has 0 aliphatic carbocycles. The monoisotopic (exact) mass is 227 g/mol. The molecular weight excluding hydrogens is 208 g/mol. The molecule has 0 heterocycles. The Kier molecular flexibility index (Phi) is 4.42. The first kappa shape index (κ1) is 13.1. The number of rotatable bonds is 4. The second-order valence-corrected chi connectivity index (χ2v) is 4.40. The fourth-order valence-electron chi connectivity index (χ4n) is 1.82. The van der Waals surface area contributed by atoms with E-state index in [4.69, 9.17) is 0 Å². The van der Waals surface area contributed by atoms with E-state index in [1.807, 2.05) is 20.8 Å². The number of aryl methyl sites for hydroxylation is 1. The molecule has 0 spiro atoms. The molecule has 0 amide bonds. The largest absolute Gasteiger partial charge is 0.310 e. The molecule has 3 heteroatoms. The Morgan fingerprint density at radius 3 is 2.31 bits per heavy atom. The highest BCUT2D eigenvalue weighted by atomic mass is 19.1. The Hall–Kier alpha value is -0.960. The van der Waals surface area contributed by atoms with Crippen molar-refractivity contribution in [1.82, 2.24) is 5.32 Å². The molecule has 90 valence electrons. The van der Waals surface area contributed by atoms with E-state index in [0.717, 1.165) is 6.54 Å². The van der Waals surface area contributed by atoms with Crippen molar-refractivity contribution in [3.63, 3.8) is 0 Å². The van der Waals surface area contributed by atoms with Crippen LogP contribution in [0.1, 0.15) is 37.9 Å². The lowest BCUT2D eigenvalue weighted by molar-refractivity contribution is 0.403. The first-order valence-corrected chi connectivity index (χ1v) is 5.66. The highest BCUT2D eigenvalue weighted by Crippen LogP contribution is 2.26. The van der Waals surface area contributed by atoms with Gasteiger partial charge in [0, 0.05) is 11.6 Å². The average molecular weight is 227 g/mol. The molecule has 1 N–H and O–H groups in total. The maximum absolute atomic E-state index is 13.8. The quantitative estimate of drug-likeness (QED) is 0.829. The average Bonchev–Trinajstić information content (AvgIpc) is 2.20. The van der Waals surface area contributed by atoms with E-state index in [0.29, 0.717) is 11.1 Å². The van der Waals surface area contributed by atoms with E-state index in [1.165, 1.54) is 12.1 Å². The molecule has 1 unspecified atom stereocenters. The summed E-state index contributed by atoms with van der Waals surface area (Å²) in [7, 11) is 0. The highest BCUT2D eigenvalue weighted by molar-refractivity contribution is 5.28. The summed E-state index contributed by atoms with van der Waals surface area (Å²) in [5, 5.41) is 3.18. The minimum atomic E-state index is -0.347. The maximum Gasteiger partial charge on any atom is 0.128 e. The fourth-order valence-corrected chi connectivity index (χ4v) is 1.82. The Morgan fingerprint density at radius 2 is 1.81 bits per heavy atom. The zero-order valence-corrected chi connectivity index (χ0v) is 10.3. The molecular formula is C13H19F2N. The summed E-state index contributed by atoms with van der Waals surface area (Å²) in [5.74, 6) is -0.463. The molecule has 1 atom stereocenters. The van der Waals surface area contributed by atoms with Gasteiger partial charge in [0.1, 0.15) is 11.6 Å². The normalized spacial score (nSPS) is 13.2. The number of benzene rings is 1. The number of hydrogen-bond donors (Lipinski definition) is 1. The zero-order valence-electron chi connectivity index (χ0n) is 10.3. The maximum atomic E-state index is 13.8. The Labute approximate surface area is 95.9 Å². The second kappa shape index (κ2) is 5.39. The Balaban J connectivity index is 3.13. The minimum Gasteiger partial charge on any atom is -0.310 e. The summed E-state index contributed by atoms with van der Waals surface area (Å²) in [6, 6.07) is 2.43.